The first kappa shape index (κ1) is 10.3. The Labute approximate surface area is 107 Å². The molecular weight excluding hydrogens is 222 g/mol. The van der Waals surface area contributed by atoms with Gasteiger partial charge in [-0.05, 0) is 37.6 Å². The number of aromatic amines is 1. The predicted octanol–water partition coefficient (Wildman–Crippen LogP) is 2.67. The van der Waals surface area contributed by atoms with E-state index < -0.39 is 0 Å². The zero-order valence-corrected chi connectivity index (χ0v) is 10.6. The third-order valence-corrected chi connectivity index (χ3v) is 4.19. The second-order valence-corrected chi connectivity index (χ2v) is 5.81. The molecule has 1 aliphatic carbocycles. The van der Waals surface area contributed by atoms with Gasteiger partial charge in [-0.1, -0.05) is 6.08 Å². The molecule has 2 aromatic heterocycles. The van der Waals surface area contributed by atoms with Crippen LogP contribution in [0.1, 0.15) is 18.4 Å². The van der Waals surface area contributed by atoms with Gasteiger partial charge in [0.1, 0.15) is 5.65 Å². The zero-order valence-electron chi connectivity index (χ0n) is 10.6. The number of fused-ring (bicyclic) bond motifs is 1. The Kier molecular flexibility index (Phi) is 1.98. The summed E-state index contributed by atoms with van der Waals surface area (Å²) in [5, 5.41) is 1.25. The summed E-state index contributed by atoms with van der Waals surface area (Å²) in [6.07, 6.45) is 9.16. The molecular formula is C15H17N3. The summed E-state index contributed by atoms with van der Waals surface area (Å²) in [5.41, 5.74) is 4.26. The summed E-state index contributed by atoms with van der Waals surface area (Å²) in [5.74, 6) is 0. The van der Waals surface area contributed by atoms with Crippen molar-refractivity contribution in [3.63, 3.8) is 0 Å². The number of hydrogen-bond acceptors (Lipinski definition) is 2. The van der Waals surface area contributed by atoms with Crippen LogP contribution in [0.4, 0.5) is 0 Å². The lowest BCUT2D eigenvalue weighted by molar-refractivity contribution is 0.308. The van der Waals surface area contributed by atoms with E-state index in [1.807, 2.05) is 12.3 Å². The summed E-state index contributed by atoms with van der Waals surface area (Å²) in [6, 6.07) is 4.17. The van der Waals surface area contributed by atoms with Gasteiger partial charge in [-0.15, -0.1) is 0 Å². The average molecular weight is 239 g/mol. The van der Waals surface area contributed by atoms with Crippen molar-refractivity contribution < 1.29 is 0 Å². The van der Waals surface area contributed by atoms with Gasteiger partial charge in [0.15, 0.2) is 0 Å². The highest BCUT2D eigenvalue weighted by atomic mass is 15.1. The topological polar surface area (TPSA) is 31.9 Å². The quantitative estimate of drug-likeness (QED) is 0.829. The van der Waals surface area contributed by atoms with E-state index in [0.717, 1.165) is 12.2 Å². The molecule has 1 fully saturated rings. The summed E-state index contributed by atoms with van der Waals surface area (Å²) in [7, 11) is 2.22. The van der Waals surface area contributed by atoms with Gasteiger partial charge in [-0.25, -0.2) is 4.98 Å². The highest BCUT2D eigenvalue weighted by Gasteiger charge is 2.43. The van der Waals surface area contributed by atoms with E-state index in [4.69, 9.17) is 0 Å². The fourth-order valence-electron chi connectivity index (χ4n) is 3.19. The molecule has 1 aliphatic heterocycles. The van der Waals surface area contributed by atoms with E-state index in [1.165, 1.54) is 35.9 Å². The first-order chi connectivity index (χ1) is 8.76. The predicted molar refractivity (Wildman–Crippen MR) is 73.2 cm³/mol. The monoisotopic (exact) mass is 239 g/mol. The van der Waals surface area contributed by atoms with Crippen LogP contribution in [0.15, 0.2) is 30.6 Å². The van der Waals surface area contributed by atoms with Gasteiger partial charge >= 0.3 is 0 Å². The maximum absolute atomic E-state index is 4.37. The van der Waals surface area contributed by atoms with E-state index in [-0.39, 0.29) is 0 Å². The number of pyridine rings is 1. The Bertz CT molecular complexity index is 634. The Balaban J connectivity index is 1.85. The number of hydrogen-bond donors (Lipinski definition) is 1. The Morgan fingerprint density at radius 3 is 3.11 bits per heavy atom. The summed E-state index contributed by atoms with van der Waals surface area (Å²) < 4.78 is 0. The molecule has 0 radical (unpaired) electrons. The SMILES string of the molecule is CN1CC(c2c[nH]c3ncccc23)=CC2(CC2)C1. The van der Waals surface area contributed by atoms with Crippen LogP contribution in [0, 0.1) is 5.41 Å². The number of aromatic nitrogens is 2. The van der Waals surface area contributed by atoms with E-state index in [9.17, 15) is 0 Å². The Hall–Kier alpha value is -1.61. The standard InChI is InChI=1S/C15H17N3/c1-18-9-11(7-15(10-18)4-5-15)13-8-17-14-12(13)3-2-6-16-14/h2-3,6-8H,4-5,9-10H2,1H3,(H,16,17). The van der Waals surface area contributed by atoms with Crippen LogP contribution in [-0.2, 0) is 0 Å². The van der Waals surface area contributed by atoms with Crippen LogP contribution in [0.5, 0.6) is 0 Å². The van der Waals surface area contributed by atoms with Crippen LogP contribution in [0.2, 0.25) is 0 Å². The van der Waals surface area contributed by atoms with Crippen LogP contribution in [0.3, 0.4) is 0 Å². The van der Waals surface area contributed by atoms with Gasteiger partial charge < -0.3 is 9.88 Å². The molecule has 1 spiro atoms. The highest BCUT2D eigenvalue weighted by molar-refractivity contribution is 5.91. The van der Waals surface area contributed by atoms with E-state index in [2.05, 4.69) is 40.3 Å². The molecule has 0 amide bonds. The van der Waals surface area contributed by atoms with Crippen LogP contribution >= 0.6 is 0 Å². The van der Waals surface area contributed by atoms with Crippen LogP contribution in [0.25, 0.3) is 16.6 Å². The maximum atomic E-state index is 4.37. The third-order valence-electron chi connectivity index (χ3n) is 4.19. The minimum absolute atomic E-state index is 0.480. The lowest BCUT2D eigenvalue weighted by Gasteiger charge is -2.29. The largest absolute Gasteiger partial charge is 0.346 e. The molecule has 4 rings (SSSR count). The van der Waals surface area contributed by atoms with Crippen molar-refractivity contribution in [1.29, 1.82) is 0 Å². The maximum Gasteiger partial charge on any atom is 0.137 e. The molecule has 2 aliphatic rings. The van der Waals surface area contributed by atoms with Crippen molar-refractivity contribution in [2.45, 2.75) is 12.8 Å². The fourth-order valence-corrected chi connectivity index (χ4v) is 3.19. The molecule has 0 aromatic carbocycles. The molecule has 0 bridgehead atoms. The molecule has 3 heterocycles. The Morgan fingerprint density at radius 2 is 2.28 bits per heavy atom. The molecule has 0 saturated heterocycles. The van der Waals surface area contributed by atoms with E-state index >= 15 is 0 Å². The fraction of sp³-hybridized carbons (Fsp3) is 0.400. The summed E-state index contributed by atoms with van der Waals surface area (Å²) >= 11 is 0. The molecule has 92 valence electrons. The van der Waals surface area contributed by atoms with Crippen molar-refractivity contribution in [3.8, 4) is 0 Å². The van der Waals surface area contributed by atoms with E-state index in [0.29, 0.717) is 5.41 Å². The van der Waals surface area contributed by atoms with Crippen molar-refractivity contribution in [2.75, 3.05) is 20.1 Å². The average Bonchev–Trinajstić information content (AvgIpc) is 2.95. The van der Waals surface area contributed by atoms with Crippen LogP contribution < -0.4 is 0 Å². The second-order valence-electron chi connectivity index (χ2n) is 5.81. The van der Waals surface area contributed by atoms with E-state index in [1.54, 1.807) is 0 Å². The van der Waals surface area contributed by atoms with Gasteiger partial charge in [0, 0.05) is 41.8 Å². The minimum atomic E-state index is 0.480. The van der Waals surface area contributed by atoms with Gasteiger partial charge in [-0.2, -0.15) is 0 Å². The molecule has 0 atom stereocenters. The minimum Gasteiger partial charge on any atom is -0.346 e. The first-order valence-corrected chi connectivity index (χ1v) is 6.59. The van der Waals surface area contributed by atoms with Gasteiger partial charge in [-0.3, -0.25) is 0 Å². The lowest BCUT2D eigenvalue weighted by atomic mass is 9.93. The van der Waals surface area contributed by atoms with Crippen molar-refractivity contribution >= 4 is 16.6 Å². The van der Waals surface area contributed by atoms with Crippen molar-refractivity contribution in [2.24, 2.45) is 5.41 Å². The van der Waals surface area contributed by atoms with Crippen molar-refractivity contribution in [1.82, 2.24) is 14.9 Å². The molecule has 18 heavy (non-hydrogen) atoms. The first-order valence-electron chi connectivity index (χ1n) is 6.59. The van der Waals surface area contributed by atoms with Gasteiger partial charge in [0.2, 0.25) is 0 Å². The number of H-pyrrole nitrogens is 1. The number of nitrogens with zero attached hydrogens (tertiary/aromatic N) is 2. The normalized spacial score (nSPS) is 22.4. The molecule has 3 nitrogen and oxygen atoms in total. The molecule has 1 N–H and O–H groups in total. The number of likely N-dealkylation sites (N-methyl/N-ethyl adjacent to an activating group) is 1. The van der Waals surface area contributed by atoms with Crippen LogP contribution in [-0.4, -0.2) is 35.0 Å². The highest BCUT2D eigenvalue weighted by Crippen LogP contribution is 2.51. The number of nitrogens with one attached hydrogen (secondary N) is 1. The zero-order chi connectivity index (χ0) is 12.2. The number of rotatable bonds is 1. The molecule has 0 unspecified atom stereocenters. The molecule has 2 aromatic rings. The summed E-state index contributed by atoms with van der Waals surface area (Å²) in [6.45, 7) is 2.26. The second kappa shape index (κ2) is 3.45. The smallest absolute Gasteiger partial charge is 0.137 e. The van der Waals surface area contributed by atoms with Gasteiger partial charge in [0.05, 0.1) is 0 Å². The Morgan fingerprint density at radius 1 is 1.39 bits per heavy atom. The molecule has 1 saturated carbocycles. The lowest BCUT2D eigenvalue weighted by Crippen LogP contribution is -2.31. The summed E-state index contributed by atoms with van der Waals surface area (Å²) in [4.78, 5) is 10.1. The van der Waals surface area contributed by atoms with Crippen molar-refractivity contribution in [3.05, 3.63) is 36.2 Å². The molecule has 3 heteroatoms. The van der Waals surface area contributed by atoms with Gasteiger partial charge in [0.25, 0.3) is 0 Å². The third kappa shape index (κ3) is 1.51.